The standard InChI is InChI=1S/C16H23N3O2.ClH/c1-16(15(18)21,12-7-3-2-4-8-12)19-14(20)11-6-5-9-13(17)10-11;/h2-4,7-8,11,13H,5-6,9-10,17H2,1H3,(H2,18,21)(H,19,20);1H. The highest BCUT2D eigenvalue weighted by molar-refractivity contribution is 5.91. The van der Waals surface area contributed by atoms with Crippen molar-refractivity contribution in [1.82, 2.24) is 5.32 Å². The number of nitrogens with one attached hydrogen (secondary N) is 1. The third-order valence-corrected chi connectivity index (χ3v) is 4.30. The van der Waals surface area contributed by atoms with E-state index < -0.39 is 11.4 Å². The minimum atomic E-state index is -1.19. The molecular formula is C16H24ClN3O2. The van der Waals surface area contributed by atoms with Crippen LogP contribution in [0.3, 0.4) is 0 Å². The summed E-state index contributed by atoms with van der Waals surface area (Å²) in [5.41, 5.74) is 10.9. The number of hydrogen-bond acceptors (Lipinski definition) is 3. The summed E-state index contributed by atoms with van der Waals surface area (Å²) in [5, 5.41) is 2.83. The molecule has 6 heteroatoms. The fourth-order valence-electron chi connectivity index (χ4n) is 2.86. The lowest BCUT2D eigenvalue weighted by molar-refractivity contribution is -0.134. The van der Waals surface area contributed by atoms with Crippen LogP contribution in [0, 0.1) is 5.92 Å². The van der Waals surface area contributed by atoms with Crippen LogP contribution in [0.5, 0.6) is 0 Å². The molecule has 0 spiro atoms. The second-order valence-electron chi connectivity index (χ2n) is 5.97. The molecule has 1 saturated carbocycles. The molecule has 3 atom stereocenters. The van der Waals surface area contributed by atoms with Crippen molar-refractivity contribution in [1.29, 1.82) is 0 Å². The summed E-state index contributed by atoms with van der Waals surface area (Å²) in [6, 6.07) is 9.13. The highest BCUT2D eigenvalue weighted by atomic mass is 35.5. The average molecular weight is 326 g/mol. The zero-order valence-electron chi connectivity index (χ0n) is 12.7. The van der Waals surface area contributed by atoms with Crippen LogP contribution in [0.15, 0.2) is 30.3 Å². The summed E-state index contributed by atoms with van der Waals surface area (Å²) in [4.78, 5) is 24.3. The summed E-state index contributed by atoms with van der Waals surface area (Å²) in [6.45, 7) is 1.64. The Labute approximate surface area is 137 Å². The summed E-state index contributed by atoms with van der Waals surface area (Å²) in [6.07, 6.45) is 3.37. The summed E-state index contributed by atoms with van der Waals surface area (Å²) < 4.78 is 0. The summed E-state index contributed by atoms with van der Waals surface area (Å²) in [7, 11) is 0. The van der Waals surface area contributed by atoms with Crippen LogP contribution in [0.1, 0.15) is 38.2 Å². The molecule has 3 unspecified atom stereocenters. The van der Waals surface area contributed by atoms with Gasteiger partial charge in [0.15, 0.2) is 0 Å². The van der Waals surface area contributed by atoms with E-state index in [1.165, 1.54) is 0 Å². The van der Waals surface area contributed by atoms with Gasteiger partial charge in [0.25, 0.3) is 0 Å². The first kappa shape index (κ1) is 18.5. The van der Waals surface area contributed by atoms with E-state index in [4.69, 9.17) is 11.5 Å². The van der Waals surface area contributed by atoms with Gasteiger partial charge >= 0.3 is 0 Å². The number of halogens is 1. The largest absolute Gasteiger partial charge is 0.367 e. The Balaban J connectivity index is 0.00000242. The molecule has 0 aliphatic heterocycles. The Morgan fingerprint density at radius 1 is 1.23 bits per heavy atom. The molecule has 22 heavy (non-hydrogen) atoms. The van der Waals surface area contributed by atoms with E-state index in [0.29, 0.717) is 12.0 Å². The minimum Gasteiger partial charge on any atom is -0.367 e. The van der Waals surface area contributed by atoms with Crippen molar-refractivity contribution in [3.63, 3.8) is 0 Å². The van der Waals surface area contributed by atoms with Crippen molar-refractivity contribution in [3.05, 3.63) is 35.9 Å². The van der Waals surface area contributed by atoms with Crippen LogP contribution in [0.4, 0.5) is 0 Å². The smallest absolute Gasteiger partial charge is 0.247 e. The third kappa shape index (κ3) is 3.99. The van der Waals surface area contributed by atoms with Gasteiger partial charge in [0.2, 0.25) is 11.8 Å². The van der Waals surface area contributed by atoms with Crippen molar-refractivity contribution >= 4 is 24.2 Å². The minimum absolute atomic E-state index is 0. The van der Waals surface area contributed by atoms with E-state index in [9.17, 15) is 9.59 Å². The molecule has 0 aromatic heterocycles. The summed E-state index contributed by atoms with van der Waals surface area (Å²) >= 11 is 0. The molecule has 0 bridgehead atoms. The number of carbonyl (C=O) groups excluding carboxylic acids is 2. The van der Waals surface area contributed by atoms with Crippen LogP contribution in [-0.2, 0) is 15.1 Å². The van der Waals surface area contributed by atoms with Gasteiger partial charge in [-0.05, 0) is 31.7 Å². The first-order valence-corrected chi connectivity index (χ1v) is 7.36. The van der Waals surface area contributed by atoms with E-state index in [1.807, 2.05) is 18.2 Å². The predicted octanol–water partition coefficient (Wildman–Crippen LogP) is 1.44. The van der Waals surface area contributed by atoms with Gasteiger partial charge in [-0.2, -0.15) is 0 Å². The quantitative estimate of drug-likeness (QED) is 0.781. The average Bonchev–Trinajstić information content (AvgIpc) is 2.47. The molecule has 1 aliphatic rings. The number of primary amides is 1. The molecular weight excluding hydrogens is 302 g/mol. The Hall–Kier alpha value is -1.59. The first-order chi connectivity index (χ1) is 9.93. The lowest BCUT2D eigenvalue weighted by atomic mass is 9.84. The molecule has 2 rings (SSSR count). The summed E-state index contributed by atoms with van der Waals surface area (Å²) in [5.74, 6) is -0.853. The molecule has 5 N–H and O–H groups in total. The molecule has 122 valence electrons. The molecule has 1 aromatic carbocycles. The first-order valence-electron chi connectivity index (χ1n) is 7.36. The Bertz CT molecular complexity index is 523. The van der Waals surface area contributed by atoms with E-state index >= 15 is 0 Å². The maximum atomic E-state index is 12.5. The fourth-order valence-corrected chi connectivity index (χ4v) is 2.86. The zero-order valence-corrected chi connectivity index (χ0v) is 13.6. The van der Waals surface area contributed by atoms with E-state index in [0.717, 1.165) is 19.3 Å². The third-order valence-electron chi connectivity index (χ3n) is 4.30. The molecule has 1 fully saturated rings. The molecule has 0 saturated heterocycles. The van der Waals surface area contributed by atoms with Crippen molar-refractivity contribution < 1.29 is 9.59 Å². The van der Waals surface area contributed by atoms with Crippen LogP contribution < -0.4 is 16.8 Å². The number of benzene rings is 1. The lowest BCUT2D eigenvalue weighted by Gasteiger charge is -2.32. The maximum absolute atomic E-state index is 12.5. The van der Waals surface area contributed by atoms with Crippen molar-refractivity contribution in [2.45, 2.75) is 44.2 Å². The van der Waals surface area contributed by atoms with Gasteiger partial charge in [-0.1, -0.05) is 36.8 Å². The number of nitrogens with two attached hydrogens (primary N) is 2. The topological polar surface area (TPSA) is 98.2 Å². The number of hydrogen-bond donors (Lipinski definition) is 3. The Morgan fingerprint density at radius 2 is 1.86 bits per heavy atom. The van der Waals surface area contributed by atoms with Crippen LogP contribution in [-0.4, -0.2) is 17.9 Å². The lowest BCUT2D eigenvalue weighted by Crippen LogP contribution is -2.54. The van der Waals surface area contributed by atoms with Gasteiger partial charge in [0, 0.05) is 12.0 Å². The monoisotopic (exact) mass is 325 g/mol. The maximum Gasteiger partial charge on any atom is 0.247 e. The van der Waals surface area contributed by atoms with Crippen molar-refractivity contribution in [2.24, 2.45) is 17.4 Å². The van der Waals surface area contributed by atoms with E-state index in [-0.39, 0.29) is 30.3 Å². The van der Waals surface area contributed by atoms with Crippen LogP contribution >= 0.6 is 12.4 Å². The molecule has 2 amide bonds. The van der Waals surface area contributed by atoms with Crippen molar-refractivity contribution in [2.75, 3.05) is 0 Å². The van der Waals surface area contributed by atoms with Crippen molar-refractivity contribution in [3.8, 4) is 0 Å². The highest BCUT2D eigenvalue weighted by Gasteiger charge is 2.37. The molecule has 0 radical (unpaired) electrons. The van der Waals surface area contributed by atoms with Gasteiger partial charge in [-0.15, -0.1) is 12.4 Å². The molecule has 5 nitrogen and oxygen atoms in total. The zero-order chi connectivity index (χ0) is 15.5. The Kier molecular flexibility index (Phi) is 6.38. The molecule has 0 heterocycles. The van der Waals surface area contributed by atoms with Gasteiger partial charge < -0.3 is 16.8 Å². The number of carbonyl (C=O) groups is 2. The van der Waals surface area contributed by atoms with E-state index in [2.05, 4.69) is 5.32 Å². The van der Waals surface area contributed by atoms with Gasteiger partial charge in [0.05, 0.1) is 0 Å². The normalized spacial score (nSPS) is 23.7. The van der Waals surface area contributed by atoms with E-state index in [1.54, 1.807) is 19.1 Å². The number of amides is 2. The van der Waals surface area contributed by atoms with Crippen LogP contribution in [0.25, 0.3) is 0 Å². The SMILES string of the molecule is CC(NC(=O)C1CCCC(N)C1)(C(N)=O)c1ccccc1.Cl. The molecule has 1 aromatic rings. The van der Waals surface area contributed by atoms with Gasteiger partial charge in [-0.25, -0.2) is 0 Å². The van der Waals surface area contributed by atoms with Crippen LogP contribution in [0.2, 0.25) is 0 Å². The Morgan fingerprint density at radius 3 is 2.41 bits per heavy atom. The number of rotatable bonds is 4. The second kappa shape index (κ2) is 7.61. The fraction of sp³-hybridized carbons (Fsp3) is 0.500. The van der Waals surface area contributed by atoms with Gasteiger partial charge in [0.1, 0.15) is 5.54 Å². The molecule has 1 aliphatic carbocycles. The highest BCUT2D eigenvalue weighted by Crippen LogP contribution is 2.26. The predicted molar refractivity (Wildman–Crippen MR) is 88.3 cm³/mol. The van der Waals surface area contributed by atoms with Gasteiger partial charge in [-0.3, -0.25) is 9.59 Å². The second-order valence-corrected chi connectivity index (χ2v) is 5.97.